The van der Waals surface area contributed by atoms with Crippen LogP contribution in [0.2, 0.25) is 0 Å². The van der Waals surface area contributed by atoms with Crippen LogP contribution in [0.1, 0.15) is 30.0 Å². The predicted molar refractivity (Wildman–Crippen MR) is 92.1 cm³/mol. The van der Waals surface area contributed by atoms with Gasteiger partial charge in [-0.15, -0.1) is 0 Å². The van der Waals surface area contributed by atoms with Crippen molar-refractivity contribution in [1.82, 2.24) is 5.32 Å². The SMILES string of the molecule is CCCNCc1ccc(C)c(Oc2ccc(Br)cc2C)c1. The number of halogens is 1. The van der Waals surface area contributed by atoms with Gasteiger partial charge in [0.2, 0.25) is 0 Å². The lowest BCUT2D eigenvalue weighted by Crippen LogP contribution is -2.13. The summed E-state index contributed by atoms with van der Waals surface area (Å²) < 4.78 is 7.16. The van der Waals surface area contributed by atoms with Crippen molar-refractivity contribution in [3.05, 3.63) is 57.6 Å². The quantitative estimate of drug-likeness (QED) is 0.710. The van der Waals surface area contributed by atoms with Gasteiger partial charge in [-0.2, -0.15) is 0 Å². The maximum atomic E-state index is 6.09. The summed E-state index contributed by atoms with van der Waals surface area (Å²) in [7, 11) is 0. The van der Waals surface area contributed by atoms with Gasteiger partial charge in [0.05, 0.1) is 0 Å². The first-order valence-corrected chi connectivity index (χ1v) is 8.13. The molecule has 2 rings (SSSR count). The minimum atomic E-state index is 0.879. The normalized spacial score (nSPS) is 10.7. The van der Waals surface area contributed by atoms with Crippen LogP contribution in [0.5, 0.6) is 11.5 Å². The lowest BCUT2D eigenvalue weighted by molar-refractivity contribution is 0.474. The van der Waals surface area contributed by atoms with E-state index in [0.717, 1.165) is 46.6 Å². The van der Waals surface area contributed by atoms with Crippen molar-refractivity contribution in [3.63, 3.8) is 0 Å². The maximum absolute atomic E-state index is 6.09. The molecule has 0 saturated carbocycles. The molecule has 0 radical (unpaired) electrons. The molecular formula is C18H22BrNO. The van der Waals surface area contributed by atoms with E-state index < -0.39 is 0 Å². The molecule has 0 bridgehead atoms. The molecule has 0 fully saturated rings. The van der Waals surface area contributed by atoms with E-state index in [1.165, 1.54) is 5.56 Å². The third-order valence-corrected chi connectivity index (χ3v) is 3.86. The molecule has 112 valence electrons. The summed E-state index contributed by atoms with van der Waals surface area (Å²) in [5.74, 6) is 1.83. The number of ether oxygens (including phenoxy) is 1. The Bertz CT molecular complexity index is 610. The lowest BCUT2D eigenvalue weighted by atomic mass is 10.1. The summed E-state index contributed by atoms with van der Waals surface area (Å²) >= 11 is 3.48. The third-order valence-electron chi connectivity index (χ3n) is 3.37. The molecule has 3 heteroatoms. The largest absolute Gasteiger partial charge is 0.457 e. The number of nitrogens with one attached hydrogen (secondary N) is 1. The maximum Gasteiger partial charge on any atom is 0.130 e. The van der Waals surface area contributed by atoms with Crippen molar-refractivity contribution in [2.24, 2.45) is 0 Å². The smallest absolute Gasteiger partial charge is 0.130 e. The Morgan fingerprint density at radius 3 is 2.52 bits per heavy atom. The van der Waals surface area contributed by atoms with Gasteiger partial charge < -0.3 is 10.1 Å². The molecule has 0 aliphatic rings. The van der Waals surface area contributed by atoms with Crippen LogP contribution in [0.4, 0.5) is 0 Å². The van der Waals surface area contributed by atoms with Gasteiger partial charge in [-0.25, -0.2) is 0 Å². The van der Waals surface area contributed by atoms with E-state index in [-0.39, 0.29) is 0 Å². The predicted octanol–water partition coefficient (Wildman–Crippen LogP) is 5.36. The van der Waals surface area contributed by atoms with Crippen molar-refractivity contribution in [2.45, 2.75) is 33.7 Å². The number of aryl methyl sites for hydroxylation is 2. The van der Waals surface area contributed by atoms with Crippen molar-refractivity contribution < 1.29 is 4.74 Å². The highest BCUT2D eigenvalue weighted by molar-refractivity contribution is 9.10. The first kappa shape index (κ1) is 16.1. The molecule has 2 aromatic rings. The molecule has 2 nitrogen and oxygen atoms in total. The molecule has 1 N–H and O–H groups in total. The van der Waals surface area contributed by atoms with Crippen LogP contribution in [0.3, 0.4) is 0 Å². The number of hydrogen-bond acceptors (Lipinski definition) is 2. The standard InChI is InChI=1S/C18H22BrNO/c1-4-9-20-12-15-6-5-13(2)18(11-15)21-17-8-7-16(19)10-14(17)3/h5-8,10-11,20H,4,9,12H2,1-3H3. The summed E-state index contributed by atoms with van der Waals surface area (Å²) in [5.41, 5.74) is 3.52. The van der Waals surface area contributed by atoms with Gasteiger partial charge in [0.1, 0.15) is 11.5 Å². The fraction of sp³-hybridized carbons (Fsp3) is 0.333. The van der Waals surface area contributed by atoms with Gasteiger partial charge >= 0.3 is 0 Å². The molecule has 2 aromatic carbocycles. The van der Waals surface area contributed by atoms with E-state index in [9.17, 15) is 0 Å². The molecule has 0 aromatic heterocycles. The summed E-state index contributed by atoms with van der Waals surface area (Å²) in [6.07, 6.45) is 1.15. The van der Waals surface area contributed by atoms with E-state index >= 15 is 0 Å². The molecular weight excluding hydrogens is 326 g/mol. The van der Waals surface area contributed by atoms with E-state index in [1.807, 2.05) is 12.1 Å². The van der Waals surface area contributed by atoms with Gasteiger partial charge in [-0.3, -0.25) is 0 Å². The van der Waals surface area contributed by atoms with Crippen molar-refractivity contribution in [2.75, 3.05) is 6.54 Å². The van der Waals surface area contributed by atoms with Crippen molar-refractivity contribution in [1.29, 1.82) is 0 Å². The third kappa shape index (κ3) is 4.58. The molecule has 0 atom stereocenters. The summed E-state index contributed by atoms with van der Waals surface area (Å²) in [4.78, 5) is 0. The Labute approximate surface area is 135 Å². The Morgan fingerprint density at radius 2 is 1.81 bits per heavy atom. The highest BCUT2D eigenvalue weighted by atomic mass is 79.9. The Hall–Kier alpha value is -1.32. The number of benzene rings is 2. The molecule has 0 saturated heterocycles. The number of hydrogen-bond donors (Lipinski definition) is 1. The average molecular weight is 348 g/mol. The van der Waals surface area contributed by atoms with Crippen molar-refractivity contribution >= 4 is 15.9 Å². The Kier molecular flexibility index (Phi) is 5.83. The lowest BCUT2D eigenvalue weighted by Gasteiger charge is -2.13. The molecule has 21 heavy (non-hydrogen) atoms. The average Bonchev–Trinajstić information content (AvgIpc) is 2.45. The highest BCUT2D eigenvalue weighted by Crippen LogP contribution is 2.30. The first-order valence-electron chi connectivity index (χ1n) is 7.34. The second kappa shape index (κ2) is 7.62. The molecule has 0 aliphatic carbocycles. The molecule has 0 unspecified atom stereocenters. The summed E-state index contributed by atoms with van der Waals surface area (Å²) in [6.45, 7) is 8.22. The molecule has 0 spiro atoms. The van der Waals surface area contributed by atoms with E-state index in [2.05, 4.69) is 66.3 Å². The van der Waals surface area contributed by atoms with Gasteiger partial charge in [-0.05, 0) is 67.8 Å². The Balaban J connectivity index is 2.16. The fourth-order valence-electron chi connectivity index (χ4n) is 2.12. The molecule has 0 heterocycles. The zero-order valence-corrected chi connectivity index (χ0v) is 14.5. The van der Waals surface area contributed by atoms with Crippen LogP contribution in [0.15, 0.2) is 40.9 Å². The first-order chi connectivity index (χ1) is 10.1. The molecule has 0 amide bonds. The highest BCUT2D eigenvalue weighted by Gasteiger charge is 2.06. The summed E-state index contributed by atoms with van der Waals surface area (Å²) in [5, 5.41) is 3.42. The van der Waals surface area contributed by atoms with Gasteiger partial charge in [0.25, 0.3) is 0 Å². The van der Waals surface area contributed by atoms with E-state index in [1.54, 1.807) is 0 Å². The number of rotatable bonds is 6. The Morgan fingerprint density at radius 1 is 1.00 bits per heavy atom. The topological polar surface area (TPSA) is 21.3 Å². The van der Waals surface area contributed by atoms with Crippen LogP contribution in [0, 0.1) is 13.8 Å². The van der Waals surface area contributed by atoms with Crippen LogP contribution in [-0.2, 0) is 6.54 Å². The van der Waals surface area contributed by atoms with Gasteiger partial charge in [-0.1, -0.05) is 35.0 Å². The zero-order chi connectivity index (χ0) is 15.2. The van der Waals surface area contributed by atoms with Crippen LogP contribution in [-0.4, -0.2) is 6.54 Å². The van der Waals surface area contributed by atoms with Crippen molar-refractivity contribution in [3.8, 4) is 11.5 Å². The minimum Gasteiger partial charge on any atom is -0.457 e. The van der Waals surface area contributed by atoms with Crippen LogP contribution >= 0.6 is 15.9 Å². The second-order valence-corrected chi connectivity index (χ2v) is 6.20. The fourth-order valence-corrected chi connectivity index (χ4v) is 2.60. The van der Waals surface area contributed by atoms with E-state index in [0.29, 0.717) is 0 Å². The van der Waals surface area contributed by atoms with Crippen LogP contribution < -0.4 is 10.1 Å². The minimum absolute atomic E-state index is 0.879. The second-order valence-electron chi connectivity index (χ2n) is 5.29. The summed E-state index contributed by atoms with van der Waals surface area (Å²) in [6, 6.07) is 12.5. The zero-order valence-electron chi connectivity index (χ0n) is 12.9. The van der Waals surface area contributed by atoms with Gasteiger partial charge in [0.15, 0.2) is 0 Å². The van der Waals surface area contributed by atoms with E-state index in [4.69, 9.17) is 4.74 Å². The van der Waals surface area contributed by atoms with Crippen LogP contribution in [0.25, 0.3) is 0 Å². The van der Waals surface area contributed by atoms with Gasteiger partial charge in [0, 0.05) is 11.0 Å². The monoisotopic (exact) mass is 347 g/mol. The molecule has 0 aliphatic heterocycles.